The Morgan fingerprint density at radius 3 is 2.63 bits per heavy atom. The van der Waals surface area contributed by atoms with Crippen LogP contribution in [0.3, 0.4) is 0 Å². The van der Waals surface area contributed by atoms with Crippen molar-refractivity contribution in [2.75, 3.05) is 25.6 Å². The molecule has 1 amide bonds. The molecule has 1 aromatic heterocycles. The first-order chi connectivity index (χ1) is 17.9. The molecule has 2 aliphatic rings. The van der Waals surface area contributed by atoms with Crippen molar-refractivity contribution in [1.82, 2.24) is 14.5 Å². The third-order valence-corrected chi connectivity index (χ3v) is 5.47. The molecule has 0 atom stereocenters. The number of nitrogens with one attached hydrogen (secondary N) is 1. The Morgan fingerprint density at radius 1 is 1.32 bits per heavy atom. The average molecular weight is 529 g/mol. The lowest BCUT2D eigenvalue weighted by atomic mass is 10.2. The summed E-state index contributed by atoms with van der Waals surface area (Å²) in [6.07, 6.45) is 4.94. The Balaban J connectivity index is 1.99. The second-order valence-electron chi connectivity index (χ2n) is 9.78. The van der Waals surface area contributed by atoms with Gasteiger partial charge in [-0.05, 0) is 59.6 Å². The van der Waals surface area contributed by atoms with Crippen molar-refractivity contribution >= 4 is 30.3 Å². The second kappa shape index (κ2) is 12.1. The van der Waals surface area contributed by atoms with Crippen LogP contribution in [-0.2, 0) is 25.5 Å². The number of carbonyl (C=O) groups excluding carboxylic acids is 2. The van der Waals surface area contributed by atoms with E-state index in [-0.39, 0.29) is 40.9 Å². The topological polar surface area (TPSA) is 127 Å². The molecular weight excluding hydrogens is 492 g/mol. The fraction of sp³-hybridized carbons (Fsp3) is 0.500. The second-order valence-corrected chi connectivity index (χ2v) is 9.78. The van der Waals surface area contributed by atoms with Gasteiger partial charge in [-0.3, -0.25) is 9.69 Å². The van der Waals surface area contributed by atoms with Gasteiger partial charge < -0.3 is 24.1 Å². The largest absolute Gasteiger partial charge is 0.463 e. The third kappa shape index (κ3) is 7.31. The summed E-state index contributed by atoms with van der Waals surface area (Å²) >= 11 is 0. The van der Waals surface area contributed by atoms with E-state index < -0.39 is 17.7 Å². The Bertz CT molecular complexity index is 1220. The highest BCUT2D eigenvalue weighted by Gasteiger charge is 2.31. The number of aromatic nitrogens is 1. The van der Waals surface area contributed by atoms with E-state index in [1.165, 1.54) is 30.0 Å². The number of hydrogen-bond donors (Lipinski definition) is 1. The maximum atomic E-state index is 13.1. The molecule has 0 radical (unpaired) electrons. The molecule has 1 aliphatic carbocycles. The summed E-state index contributed by atoms with van der Waals surface area (Å²) in [4.78, 5) is 44.3. The van der Waals surface area contributed by atoms with E-state index in [2.05, 4.69) is 22.1 Å². The Hall–Kier alpha value is -3.93. The highest BCUT2D eigenvalue weighted by atomic mass is 16.6. The van der Waals surface area contributed by atoms with Gasteiger partial charge in [-0.25, -0.2) is 14.6 Å². The number of ether oxygens (including phenoxy) is 3. The lowest BCUT2D eigenvalue weighted by molar-refractivity contribution is -0.138. The molecule has 0 spiro atoms. The number of amides is 1. The van der Waals surface area contributed by atoms with Gasteiger partial charge in [-0.2, -0.15) is 10.1 Å². The van der Waals surface area contributed by atoms with E-state index in [4.69, 9.17) is 14.2 Å². The van der Waals surface area contributed by atoms with Gasteiger partial charge in [0.05, 0.1) is 24.9 Å². The molecule has 38 heavy (non-hydrogen) atoms. The van der Waals surface area contributed by atoms with Gasteiger partial charge in [0.15, 0.2) is 5.82 Å². The normalized spacial score (nSPS) is 16.7. The molecule has 0 unspecified atom stereocenters. The number of hydrogen-bond acceptors (Lipinski definition) is 10. The zero-order chi connectivity index (χ0) is 28.0. The fourth-order valence-corrected chi connectivity index (χ4v) is 3.42. The van der Waals surface area contributed by atoms with Crippen molar-refractivity contribution in [2.24, 2.45) is 10.1 Å². The van der Waals surface area contributed by atoms with Crippen molar-refractivity contribution in [2.45, 2.75) is 65.7 Å². The minimum atomic E-state index is -0.750. The number of rotatable bonds is 9. The van der Waals surface area contributed by atoms with Crippen LogP contribution in [0.4, 0.5) is 10.5 Å². The average Bonchev–Trinajstić information content (AvgIpc) is 3.68. The minimum Gasteiger partial charge on any atom is -0.463 e. The van der Waals surface area contributed by atoms with Gasteiger partial charge in [-0.1, -0.05) is 0 Å². The van der Waals surface area contributed by atoms with E-state index in [0.29, 0.717) is 19.3 Å². The molecule has 1 fully saturated rings. The van der Waals surface area contributed by atoms with E-state index >= 15 is 0 Å². The van der Waals surface area contributed by atoms with Crippen LogP contribution >= 0.6 is 0 Å². The highest BCUT2D eigenvalue weighted by Crippen LogP contribution is 2.27. The van der Waals surface area contributed by atoms with Gasteiger partial charge in [0.25, 0.3) is 5.56 Å². The quantitative estimate of drug-likeness (QED) is 0.294. The predicted molar refractivity (Wildman–Crippen MR) is 144 cm³/mol. The molecule has 2 heterocycles. The van der Waals surface area contributed by atoms with Gasteiger partial charge in [0.1, 0.15) is 22.9 Å². The standard InChI is InChI=1S/C26H36N6O6/c1-8-36-24(34)17(2)22-29-20(16-21(32(22)27-6)30(7)25(35)38-26(3,4)5)28-19-10-9-13-31(23(19)33)14-15-37-18-11-12-18/h9-10,13,16,18H,6,8,11-12,14-15H2,1-5,7H3,(H,28,29)/b22-17+. The number of carbonyl (C=O) groups is 2. The Labute approximate surface area is 222 Å². The monoisotopic (exact) mass is 528 g/mol. The molecule has 12 nitrogen and oxygen atoms in total. The summed E-state index contributed by atoms with van der Waals surface area (Å²) in [5, 5.41) is 8.24. The van der Waals surface area contributed by atoms with Crippen molar-refractivity contribution in [3.8, 4) is 0 Å². The summed E-state index contributed by atoms with van der Waals surface area (Å²) in [6.45, 7) is 13.0. The number of aliphatic imine (C=N–C) groups is 1. The molecule has 1 aromatic rings. The molecular formula is C26H36N6O6. The molecule has 1 N–H and O–H groups in total. The van der Waals surface area contributed by atoms with E-state index in [9.17, 15) is 14.4 Å². The maximum Gasteiger partial charge on any atom is 0.415 e. The van der Waals surface area contributed by atoms with Crippen LogP contribution in [0, 0.1) is 0 Å². The first-order valence-electron chi connectivity index (χ1n) is 12.4. The fourth-order valence-electron chi connectivity index (χ4n) is 3.42. The van der Waals surface area contributed by atoms with Gasteiger partial charge in [0.2, 0.25) is 0 Å². The van der Waals surface area contributed by atoms with Crippen molar-refractivity contribution < 1.29 is 23.8 Å². The number of amidine groups is 1. The van der Waals surface area contributed by atoms with Crippen molar-refractivity contribution in [3.63, 3.8) is 0 Å². The van der Waals surface area contributed by atoms with Gasteiger partial charge in [-0.15, -0.1) is 0 Å². The number of nitrogens with zero attached hydrogens (tertiary/aromatic N) is 5. The summed E-state index contributed by atoms with van der Waals surface area (Å²) in [5.74, 6) is -0.154. The molecule has 206 valence electrons. The molecule has 1 saturated carbocycles. The highest BCUT2D eigenvalue weighted by molar-refractivity contribution is 6.06. The van der Waals surface area contributed by atoms with Gasteiger partial charge >= 0.3 is 12.1 Å². The summed E-state index contributed by atoms with van der Waals surface area (Å²) in [7, 11) is 1.49. The van der Waals surface area contributed by atoms with E-state index in [1.54, 1.807) is 50.6 Å². The van der Waals surface area contributed by atoms with Crippen LogP contribution in [-0.4, -0.2) is 71.1 Å². The zero-order valence-corrected chi connectivity index (χ0v) is 22.8. The number of anilines is 1. The first kappa shape index (κ1) is 28.6. The van der Waals surface area contributed by atoms with Crippen LogP contribution in [0.1, 0.15) is 47.5 Å². The molecule has 0 bridgehead atoms. The molecule has 0 aromatic carbocycles. The maximum absolute atomic E-state index is 13.1. The summed E-state index contributed by atoms with van der Waals surface area (Å²) < 4.78 is 17.9. The van der Waals surface area contributed by atoms with Crippen molar-refractivity contribution in [1.29, 1.82) is 0 Å². The first-order valence-corrected chi connectivity index (χ1v) is 12.4. The number of pyridine rings is 1. The van der Waals surface area contributed by atoms with Gasteiger partial charge in [0, 0.05) is 32.6 Å². The lowest BCUT2D eigenvalue weighted by Crippen LogP contribution is -2.40. The number of hydrazone groups is 1. The van der Waals surface area contributed by atoms with Crippen LogP contribution in [0.15, 0.2) is 56.5 Å². The number of esters is 1. The van der Waals surface area contributed by atoms with Crippen LogP contribution in [0.25, 0.3) is 0 Å². The van der Waals surface area contributed by atoms with E-state index in [1.807, 2.05) is 0 Å². The SMILES string of the molecule is C=NN1C(N(C)C(=O)OC(C)(C)C)=CC(Nc2cccn(CCOC3CC3)c2=O)=N/C1=C(/C)C(=O)OCC. The Morgan fingerprint density at radius 2 is 2.03 bits per heavy atom. The molecule has 12 heteroatoms. The summed E-state index contributed by atoms with van der Waals surface area (Å²) in [6, 6.07) is 3.35. The summed E-state index contributed by atoms with van der Waals surface area (Å²) in [5.41, 5.74) is -0.646. The third-order valence-electron chi connectivity index (χ3n) is 5.47. The zero-order valence-electron chi connectivity index (χ0n) is 22.8. The van der Waals surface area contributed by atoms with Crippen LogP contribution in [0.2, 0.25) is 0 Å². The molecule has 0 saturated heterocycles. The van der Waals surface area contributed by atoms with E-state index in [0.717, 1.165) is 12.8 Å². The smallest absolute Gasteiger partial charge is 0.415 e. The minimum absolute atomic E-state index is 0.0722. The Kier molecular flexibility index (Phi) is 9.10. The van der Waals surface area contributed by atoms with Crippen LogP contribution in [0.5, 0.6) is 0 Å². The van der Waals surface area contributed by atoms with Crippen molar-refractivity contribution in [3.05, 3.63) is 52.0 Å². The molecule has 1 aliphatic heterocycles. The lowest BCUT2D eigenvalue weighted by Gasteiger charge is -2.33. The van der Waals surface area contributed by atoms with Crippen LogP contribution < -0.4 is 10.9 Å². The molecule has 3 rings (SSSR count). The predicted octanol–water partition coefficient (Wildman–Crippen LogP) is 3.27.